The minimum absolute atomic E-state index is 0.665. The highest BCUT2D eigenvalue weighted by Gasteiger charge is 2.08. The van der Waals surface area contributed by atoms with Crippen molar-refractivity contribution in [3.8, 4) is 5.82 Å². The van der Waals surface area contributed by atoms with Crippen molar-refractivity contribution in [3.63, 3.8) is 0 Å². The molecule has 0 aliphatic carbocycles. The van der Waals surface area contributed by atoms with E-state index < -0.39 is 0 Å². The average Bonchev–Trinajstić information content (AvgIpc) is 3.02. The molecule has 4 rings (SSSR count). The molecule has 4 heterocycles. The van der Waals surface area contributed by atoms with E-state index in [4.69, 9.17) is 0 Å². The van der Waals surface area contributed by atoms with Crippen LogP contribution in [0, 0.1) is 0 Å². The highest BCUT2D eigenvalue weighted by atomic mass is 15.2. The molecule has 0 amide bonds. The summed E-state index contributed by atoms with van der Waals surface area (Å²) in [4.78, 5) is 17.1. The highest BCUT2D eigenvalue weighted by Crippen LogP contribution is 2.15. The first-order valence-corrected chi connectivity index (χ1v) is 5.50. The fourth-order valence-corrected chi connectivity index (χ4v) is 1.97. The van der Waals surface area contributed by atoms with Gasteiger partial charge in [0.25, 0.3) is 0 Å². The van der Waals surface area contributed by atoms with Crippen LogP contribution in [-0.4, -0.2) is 28.9 Å². The predicted octanol–water partition coefficient (Wildman–Crippen LogP) is 1.46. The molecule has 0 aliphatic heterocycles. The molecule has 0 unspecified atom stereocenters. The lowest BCUT2D eigenvalue weighted by molar-refractivity contribution is 1.04. The summed E-state index contributed by atoms with van der Waals surface area (Å²) in [6, 6.07) is 5.72. The van der Waals surface area contributed by atoms with E-state index in [1.54, 1.807) is 18.7 Å². The molecule has 4 aromatic rings. The minimum Gasteiger partial charge on any atom is -0.289 e. The Balaban J connectivity index is 2.01. The second kappa shape index (κ2) is 3.36. The number of hydrogen-bond donors (Lipinski definition) is 0. The lowest BCUT2D eigenvalue weighted by Gasteiger charge is -1.96. The normalized spacial score (nSPS) is 11.3. The van der Waals surface area contributed by atoms with E-state index in [-0.39, 0.29) is 0 Å². The minimum atomic E-state index is 0.665. The molecule has 18 heavy (non-hydrogen) atoms. The molecule has 86 valence electrons. The van der Waals surface area contributed by atoms with Crippen LogP contribution in [-0.2, 0) is 0 Å². The zero-order valence-electron chi connectivity index (χ0n) is 9.30. The molecule has 4 aromatic heterocycles. The largest absolute Gasteiger partial charge is 0.289 e. The maximum Gasteiger partial charge on any atom is 0.235 e. The van der Waals surface area contributed by atoms with Gasteiger partial charge in [-0.15, -0.1) is 0 Å². The van der Waals surface area contributed by atoms with Gasteiger partial charge in [0.1, 0.15) is 6.33 Å². The summed E-state index contributed by atoms with van der Waals surface area (Å²) in [7, 11) is 0. The van der Waals surface area contributed by atoms with Crippen molar-refractivity contribution >= 4 is 16.9 Å². The van der Waals surface area contributed by atoms with Crippen molar-refractivity contribution in [2.24, 2.45) is 0 Å². The van der Waals surface area contributed by atoms with E-state index in [9.17, 15) is 0 Å². The smallest absolute Gasteiger partial charge is 0.235 e. The van der Waals surface area contributed by atoms with E-state index in [0.29, 0.717) is 11.4 Å². The Morgan fingerprint density at radius 2 is 1.94 bits per heavy atom. The predicted molar refractivity (Wildman–Crippen MR) is 65.4 cm³/mol. The van der Waals surface area contributed by atoms with Gasteiger partial charge in [-0.2, -0.15) is 4.98 Å². The van der Waals surface area contributed by atoms with Crippen molar-refractivity contribution in [1.82, 2.24) is 28.9 Å². The molecular formula is C12H8N6. The monoisotopic (exact) mass is 236 g/mol. The zero-order valence-corrected chi connectivity index (χ0v) is 9.30. The van der Waals surface area contributed by atoms with Crippen LogP contribution in [0.4, 0.5) is 0 Å². The lowest BCUT2D eigenvalue weighted by Crippen LogP contribution is -1.91. The Hall–Kier alpha value is -2.76. The van der Waals surface area contributed by atoms with Gasteiger partial charge in [0.2, 0.25) is 5.78 Å². The van der Waals surface area contributed by atoms with Crippen LogP contribution in [0.15, 0.2) is 49.3 Å². The van der Waals surface area contributed by atoms with Gasteiger partial charge < -0.3 is 0 Å². The average molecular weight is 236 g/mol. The van der Waals surface area contributed by atoms with Gasteiger partial charge >= 0.3 is 0 Å². The summed E-state index contributed by atoms with van der Waals surface area (Å²) in [5.74, 6) is 1.45. The Bertz CT molecular complexity index is 811. The van der Waals surface area contributed by atoms with Crippen molar-refractivity contribution in [3.05, 3.63) is 49.3 Å². The fraction of sp³-hybridized carbons (Fsp3) is 0. The van der Waals surface area contributed by atoms with Gasteiger partial charge in [-0.1, -0.05) is 0 Å². The van der Waals surface area contributed by atoms with Gasteiger partial charge in [-0.25, -0.2) is 15.0 Å². The third-order valence-electron chi connectivity index (χ3n) is 2.79. The van der Waals surface area contributed by atoms with E-state index in [1.807, 2.05) is 39.6 Å². The maximum atomic E-state index is 4.45. The number of pyridine rings is 1. The molecule has 6 heteroatoms. The molecule has 0 fully saturated rings. The standard InChI is InChI=1S/C12H8N6/c1-3-9-11(13-4-1)15-8-18(9)10-7-17-6-2-5-14-12(17)16-10/h1-8H. The SMILES string of the molecule is c1cnc2ncn(-c3cn4cccnc4n3)c2c1. The molecule has 0 bridgehead atoms. The van der Waals surface area contributed by atoms with Gasteiger partial charge in [0.05, 0.1) is 11.7 Å². The summed E-state index contributed by atoms with van der Waals surface area (Å²) in [5.41, 5.74) is 1.64. The third kappa shape index (κ3) is 1.22. The second-order valence-corrected chi connectivity index (χ2v) is 3.89. The molecule has 6 nitrogen and oxygen atoms in total. The maximum absolute atomic E-state index is 4.45. The number of nitrogens with zero attached hydrogens (tertiary/aromatic N) is 6. The topological polar surface area (TPSA) is 60.9 Å². The summed E-state index contributed by atoms with van der Waals surface area (Å²) in [6.07, 6.45) is 9.00. The summed E-state index contributed by atoms with van der Waals surface area (Å²) in [6.45, 7) is 0. The molecule has 0 N–H and O–H groups in total. The van der Waals surface area contributed by atoms with E-state index >= 15 is 0 Å². The van der Waals surface area contributed by atoms with Crippen molar-refractivity contribution in [1.29, 1.82) is 0 Å². The van der Waals surface area contributed by atoms with Crippen LogP contribution < -0.4 is 0 Å². The van der Waals surface area contributed by atoms with Gasteiger partial charge in [0, 0.05) is 18.6 Å². The summed E-state index contributed by atoms with van der Waals surface area (Å²) >= 11 is 0. The van der Waals surface area contributed by atoms with Crippen molar-refractivity contribution in [2.75, 3.05) is 0 Å². The van der Waals surface area contributed by atoms with Crippen molar-refractivity contribution in [2.45, 2.75) is 0 Å². The quantitative estimate of drug-likeness (QED) is 0.502. The Kier molecular flexibility index (Phi) is 1.74. The first-order valence-electron chi connectivity index (χ1n) is 5.50. The van der Waals surface area contributed by atoms with Gasteiger partial charge in [0.15, 0.2) is 11.5 Å². The van der Waals surface area contributed by atoms with E-state index in [0.717, 1.165) is 11.3 Å². The van der Waals surface area contributed by atoms with E-state index in [1.165, 1.54) is 0 Å². The van der Waals surface area contributed by atoms with Crippen LogP contribution >= 0.6 is 0 Å². The molecule has 0 aromatic carbocycles. The van der Waals surface area contributed by atoms with Crippen LogP contribution in [0.25, 0.3) is 22.8 Å². The number of aromatic nitrogens is 6. The van der Waals surface area contributed by atoms with Gasteiger partial charge in [-0.3, -0.25) is 8.97 Å². The summed E-state index contributed by atoms with van der Waals surface area (Å²) < 4.78 is 3.77. The fourth-order valence-electron chi connectivity index (χ4n) is 1.97. The third-order valence-corrected chi connectivity index (χ3v) is 2.79. The first kappa shape index (κ1) is 9.29. The van der Waals surface area contributed by atoms with Crippen LogP contribution in [0.2, 0.25) is 0 Å². The Morgan fingerprint density at radius 1 is 1.00 bits per heavy atom. The van der Waals surface area contributed by atoms with E-state index in [2.05, 4.69) is 19.9 Å². The Morgan fingerprint density at radius 3 is 2.89 bits per heavy atom. The Labute approximate surface area is 102 Å². The molecule has 0 saturated heterocycles. The summed E-state index contributed by atoms with van der Waals surface area (Å²) in [5, 5.41) is 0. The second-order valence-electron chi connectivity index (χ2n) is 3.89. The van der Waals surface area contributed by atoms with Crippen LogP contribution in [0.1, 0.15) is 0 Å². The molecule has 0 spiro atoms. The molecule has 0 aliphatic rings. The number of hydrogen-bond acceptors (Lipinski definition) is 4. The molecule has 0 saturated carbocycles. The zero-order chi connectivity index (χ0) is 11.9. The highest BCUT2D eigenvalue weighted by molar-refractivity contribution is 5.72. The van der Waals surface area contributed by atoms with Crippen molar-refractivity contribution < 1.29 is 0 Å². The van der Waals surface area contributed by atoms with Crippen LogP contribution in [0.3, 0.4) is 0 Å². The van der Waals surface area contributed by atoms with Gasteiger partial charge in [-0.05, 0) is 18.2 Å². The number of rotatable bonds is 1. The molecular weight excluding hydrogens is 228 g/mol. The molecule has 0 atom stereocenters. The first-order chi connectivity index (χ1) is 8.92. The lowest BCUT2D eigenvalue weighted by atomic mass is 10.4. The number of imidazole rings is 2. The number of fused-ring (bicyclic) bond motifs is 2. The van der Waals surface area contributed by atoms with Crippen LogP contribution in [0.5, 0.6) is 0 Å². The molecule has 0 radical (unpaired) electrons.